The predicted octanol–water partition coefficient (Wildman–Crippen LogP) is 5.86. The number of rotatable bonds is 6. The van der Waals surface area contributed by atoms with Crippen LogP contribution in [0.3, 0.4) is 0 Å². The van der Waals surface area contributed by atoms with Crippen molar-refractivity contribution in [2.75, 3.05) is 11.9 Å². The first kappa shape index (κ1) is 26.1. The Morgan fingerprint density at radius 1 is 1.11 bits per heavy atom. The summed E-state index contributed by atoms with van der Waals surface area (Å²) in [7, 11) is -0.300. The lowest BCUT2D eigenvalue weighted by atomic mass is 9.92. The van der Waals surface area contributed by atoms with E-state index in [-0.39, 0.29) is 29.2 Å². The van der Waals surface area contributed by atoms with Crippen LogP contribution in [0, 0.1) is 17.6 Å². The first-order valence-electron chi connectivity index (χ1n) is 12.2. The smallest absolute Gasteiger partial charge is 0.192 e. The summed E-state index contributed by atoms with van der Waals surface area (Å²) >= 11 is 0. The van der Waals surface area contributed by atoms with Gasteiger partial charge in [0.2, 0.25) is 0 Å². The van der Waals surface area contributed by atoms with Crippen LogP contribution < -0.4 is 4.90 Å². The molecule has 2 aromatic rings. The van der Waals surface area contributed by atoms with Crippen molar-refractivity contribution >= 4 is 14.1 Å². The van der Waals surface area contributed by atoms with Gasteiger partial charge in [-0.2, -0.15) is 0 Å². The van der Waals surface area contributed by atoms with Gasteiger partial charge in [-0.3, -0.25) is 0 Å². The highest BCUT2D eigenvalue weighted by Gasteiger charge is 2.58. The molecule has 1 unspecified atom stereocenters. The van der Waals surface area contributed by atoms with Crippen molar-refractivity contribution in [3.05, 3.63) is 54.0 Å². The molecule has 1 aliphatic carbocycles. The second-order valence-corrected chi connectivity index (χ2v) is 16.4. The number of hydrogen-bond acceptors (Lipinski definition) is 6. The number of hydrogen-bond donors (Lipinski definition) is 0. The molecule has 192 valence electrons. The van der Waals surface area contributed by atoms with Gasteiger partial charge in [0.25, 0.3) is 0 Å². The van der Waals surface area contributed by atoms with Gasteiger partial charge in [0.05, 0.1) is 18.2 Å². The fourth-order valence-corrected chi connectivity index (χ4v) is 6.22. The van der Waals surface area contributed by atoms with Crippen LogP contribution in [-0.4, -0.2) is 49.4 Å². The normalized spacial score (nSPS) is 27.0. The van der Waals surface area contributed by atoms with Crippen molar-refractivity contribution in [1.29, 1.82) is 0 Å². The van der Waals surface area contributed by atoms with Gasteiger partial charge in [-0.1, -0.05) is 26.8 Å². The molecular formula is C26H37F2N3O3Si. The highest BCUT2D eigenvalue weighted by molar-refractivity contribution is 6.74. The molecule has 0 amide bonds. The molecule has 2 fully saturated rings. The highest BCUT2D eigenvalue weighted by Crippen LogP contribution is 2.51. The van der Waals surface area contributed by atoms with E-state index in [0.29, 0.717) is 12.0 Å². The number of likely N-dealkylation sites (N-methyl/N-ethyl adjacent to an activating group) is 1. The molecule has 1 saturated carbocycles. The fraction of sp³-hybridized carbons (Fsp3) is 0.615. The Hall–Kier alpha value is -1.94. The van der Waals surface area contributed by atoms with Crippen molar-refractivity contribution in [3.8, 4) is 0 Å². The minimum atomic E-state index is -2.29. The molecule has 0 radical (unpaired) electrons. The lowest BCUT2D eigenvalue weighted by Gasteiger charge is -2.42. The molecule has 0 N–H and O–H groups in total. The van der Waals surface area contributed by atoms with Crippen molar-refractivity contribution in [3.63, 3.8) is 0 Å². The molecule has 1 aromatic carbocycles. The van der Waals surface area contributed by atoms with E-state index in [1.54, 1.807) is 12.3 Å². The average molecular weight is 506 g/mol. The first-order chi connectivity index (χ1) is 16.2. The van der Waals surface area contributed by atoms with Gasteiger partial charge in [-0.05, 0) is 62.2 Å². The van der Waals surface area contributed by atoms with Crippen LogP contribution >= 0.6 is 0 Å². The minimum absolute atomic E-state index is 0.0440. The molecule has 5 atom stereocenters. The zero-order chi connectivity index (χ0) is 25.8. The summed E-state index contributed by atoms with van der Waals surface area (Å²) in [4.78, 5) is 10.5. The molecule has 0 spiro atoms. The summed E-state index contributed by atoms with van der Waals surface area (Å²) in [6, 6.07) is 5.90. The molecule has 4 rings (SSSR count). The van der Waals surface area contributed by atoms with E-state index in [0.717, 1.165) is 5.82 Å². The molecule has 1 saturated heterocycles. The molecule has 6 nitrogen and oxygen atoms in total. The van der Waals surface area contributed by atoms with Crippen LogP contribution in [0.2, 0.25) is 18.1 Å². The van der Waals surface area contributed by atoms with Gasteiger partial charge in [0.1, 0.15) is 18.2 Å². The quantitative estimate of drug-likeness (QED) is 0.458. The Balaban J connectivity index is 1.75. The van der Waals surface area contributed by atoms with E-state index >= 15 is 0 Å². The summed E-state index contributed by atoms with van der Waals surface area (Å²) in [6.07, 6.45) is 2.94. The van der Waals surface area contributed by atoms with Gasteiger partial charge in [0, 0.05) is 19.2 Å². The Kier molecular flexibility index (Phi) is 6.85. The molecule has 35 heavy (non-hydrogen) atoms. The molecule has 9 heteroatoms. The number of halogens is 2. The number of fused-ring (bicyclic) bond motifs is 1. The van der Waals surface area contributed by atoms with E-state index in [9.17, 15) is 8.78 Å². The standard InChI is InChI=1S/C26H37F2N3O3Si/c1-25(2,3)35(7,8)34-22(16-9-10-18(27)19(28)13-16)17-14-20(24-23(17)32-26(4,5)33-24)31(6)21-11-12-29-15-30-21/h9-13,15,17,20,22-24H,14H2,1-8H3/t17-,20-,22?,23-,24+/m1/s1. The van der Waals surface area contributed by atoms with Crippen molar-refractivity contribution in [2.45, 2.75) is 89.3 Å². The lowest BCUT2D eigenvalue weighted by molar-refractivity contribution is -0.162. The summed E-state index contributed by atoms with van der Waals surface area (Å²) in [6.45, 7) is 14.7. The minimum Gasteiger partial charge on any atom is -0.410 e. The average Bonchev–Trinajstić information content (AvgIpc) is 3.26. The summed E-state index contributed by atoms with van der Waals surface area (Å²) < 4.78 is 48.1. The number of nitrogens with zero attached hydrogens (tertiary/aromatic N) is 3. The molecule has 1 aromatic heterocycles. The number of anilines is 1. The SMILES string of the molecule is CN(c1ccncn1)[C@@H]1C[C@H](C(O[Si](C)(C)C(C)(C)C)c2ccc(F)c(F)c2)[C@H]2OC(C)(C)O[C@H]21. The fourth-order valence-electron chi connectivity index (χ4n) is 4.92. The summed E-state index contributed by atoms with van der Waals surface area (Å²) in [5.41, 5.74) is 0.621. The van der Waals surface area contributed by atoms with Crippen molar-refractivity contribution in [2.24, 2.45) is 5.92 Å². The maximum Gasteiger partial charge on any atom is 0.192 e. The van der Waals surface area contributed by atoms with Crippen LogP contribution in [0.5, 0.6) is 0 Å². The number of ether oxygens (including phenoxy) is 2. The van der Waals surface area contributed by atoms with Gasteiger partial charge in [0.15, 0.2) is 25.7 Å². The Bertz CT molecular complexity index is 1050. The molecule has 2 aliphatic rings. The van der Waals surface area contributed by atoms with E-state index in [2.05, 4.69) is 48.7 Å². The maximum atomic E-state index is 14.4. The number of aromatic nitrogens is 2. The zero-order valence-electron chi connectivity index (χ0n) is 21.9. The third-order valence-corrected chi connectivity index (χ3v) is 12.2. The third-order valence-electron chi connectivity index (χ3n) is 7.79. The second-order valence-electron chi connectivity index (χ2n) is 11.7. The van der Waals surface area contributed by atoms with Crippen molar-refractivity contribution in [1.82, 2.24) is 9.97 Å². The van der Waals surface area contributed by atoms with Crippen LogP contribution in [0.15, 0.2) is 36.8 Å². The van der Waals surface area contributed by atoms with Gasteiger partial charge >= 0.3 is 0 Å². The van der Waals surface area contributed by atoms with Crippen LogP contribution in [0.25, 0.3) is 0 Å². The molecule has 0 bridgehead atoms. The van der Waals surface area contributed by atoms with Gasteiger partial charge in [-0.15, -0.1) is 0 Å². The van der Waals surface area contributed by atoms with E-state index in [4.69, 9.17) is 13.9 Å². The maximum absolute atomic E-state index is 14.4. The monoisotopic (exact) mass is 505 g/mol. The van der Waals surface area contributed by atoms with Crippen LogP contribution in [0.4, 0.5) is 14.6 Å². The Labute approximate surface area is 208 Å². The number of benzene rings is 1. The van der Waals surface area contributed by atoms with Gasteiger partial charge < -0.3 is 18.8 Å². The largest absolute Gasteiger partial charge is 0.410 e. The van der Waals surface area contributed by atoms with E-state index < -0.39 is 31.8 Å². The van der Waals surface area contributed by atoms with E-state index in [1.165, 1.54) is 18.5 Å². The van der Waals surface area contributed by atoms with Crippen LogP contribution in [0.1, 0.15) is 52.7 Å². The van der Waals surface area contributed by atoms with Crippen molar-refractivity contribution < 1.29 is 22.7 Å². The van der Waals surface area contributed by atoms with E-state index in [1.807, 2.05) is 27.0 Å². The molecule has 1 aliphatic heterocycles. The topological polar surface area (TPSA) is 56.7 Å². The predicted molar refractivity (Wildman–Crippen MR) is 134 cm³/mol. The third kappa shape index (κ3) is 5.14. The van der Waals surface area contributed by atoms with Gasteiger partial charge in [-0.25, -0.2) is 18.7 Å². The van der Waals surface area contributed by atoms with Crippen LogP contribution in [-0.2, 0) is 13.9 Å². The molecular weight excluding hydrogens is 468 g/mol. The first-order valence-corrected chi connectivity index (χ1v) is 15.1. The molecule has 2 heterocycles. The highest BCUT2D eigenvalue weighted by atomic mass is 28.4. The Morgan fingerprint density at radius 3 is 2.40 bits per heavy atom. The summed E-state index contributed by atoms with van der Waals surface area (Å²) in [5, 5.41) is -0.0642. The second kappa shape index (κ2) is 9.17. The lowest BCUT2D eigenvalue weighted by Crippen LogP contribution is -2.44. The summed E-state index contributed by atoms with van der Waals surface area (Å²) in [5.74, 6) is -1.86. The zero-order valence-corrected chi connectivity index (χ0v) is 22.9. The Morgan fingerprint density at radius 2 is 1.80 bits per heavy atom.